The third-order valence-electron chi connectivity index (χ3n) is 2.86. The van der Waals surface area contributed by atoms with Crippen molar-refractivity contribution in [2.24, 2.45) is 0 Å². The summed E-state index contributed by atoms with van der Waals surface area (Å²) in [6, 6.07) is 14.8. The maximum atomic E-state index is 12.2. The fraction of sp³-hybridized carbons (Fsp3) is 0. The Morgan fingerprint density at radius 2 is 1.23 bits per heavy atom. The molecule has 0 saturated heterocycles. The van der Waals surface area contributed by atoms with Crippen LogP contribution in [0.5, 0.6) is 5.75 Å². The van der Waals surface area contributed by atoms with Gasteiger partial charge in [0, 0.05) is 0 Å². The van der Waals surface area contributed by atoms with E-state index in [1.807, 2.05) is 0 Å². The lowest BCUT2D eigenvalue weighted by Gasteiger charge is -2.13. The summed E-state index contributed by atoms with van der Waals surface area (Å²) < 4.78 is 5.08. The first kappa shape index (κ1) is 15.0. The largest absolute Gasteiger partial charge is 0.426 e. The number of ether oxygens (including phenoxy) is 1. The molecule has 1 aliphatic rings. The zero-order chi connectivity index (χ0) is 16.1. The van der Waals surface area contributed by atoms with Crippen molar-refractivity contribution in [1.29, 1.82) is 21.0 Å². The Morgan fingerprint density at radius 1 is 0.773 bits per heavy atom. The van der Waals surface area contributed by atoms with Gasteiger partial charge in [-0.05, 0) is 12.1 Å². The predicted octanol–water partition coefficient (Wildman–Crippen LogP) is 1.57. The number of esters is 1. The molecule has 6 heteroatoms. The van der Waals surface area contributed by atoms with E-state index in [2.05, 4.69) is 0 Å². The summed E-state index contributed by atoms with van der Waals surface area (Å²) in [6.45, 7) is 0. The molecule has 0 spiro atoms. The van der Waals surface area contributed by atoms with Gasteiger partial charge in [-0.15, -0.1) is 0 Å². The fourth-order valence-electron chi connectivity index (χ4n) is 1.92. The van der Waals surface area contributed by atoms with Gasteiger partial charge in [0.15, 0.2) is 0 Å². The highest BCUT2D eigenvalue weighted by Gasteiger charge is 2.59. The standard InChI is InChI=1S/C16H5N4O2/c17-6-11-12(7-18)14(9-20)15(13(11)8-19)16(21)22-10-4-2-1-3-5-10/h1-5H. The molecule has 2 rings (SSSR count). The second-order valence-electron chi connectivity index (χ2n) is 4.02. The number of nitriles is 4. The van der Waals surface area contributed by atoms with E-state index in [-0.39, 0.29) is 35.3 Å². The maximum absolute atomic E-state index is 12.2. The third-order valence-corrected chi connectivity index (χ3v) is 2.86. The third kappa shape index (κ3) is 2.47. The van der Waals surface area contributed by atoms with E-state index < -0.39 is 5.97 Å². The van der Waals surface area contributed by atoms with E-state index in [1.165, 1.54) is 12.1 Å². The number of rotatable bonds is 2. The van der Waals surface area contributed by atoms with Crippen LogP contribution in [0.2, 0.25) is 0 Å². The smallest absolute Gasteiger partial charge is 0.322 e. The van der Waals surface area contributed by atoms with Gasteiger partial charge in [0.05, 0.1) is 24.3 Å². The Morgan fingerprint density at radius 3 is 1.64 bits per heavy atom. The average molecular weight is 285 g/mol. The number of carbonyl (C=O) groups excluding carboxylic acids is 1. The molecule has 1 aromatic carbocycles. The summed E-state index contributed by atoms with van der Waals surface area (Å²) >= 11 is 0. The molecule has 101 valence electrons. The summed E-state index contributed by atoms with van der Waals surface area (Å²) in [5.41, 5.74) is 0. The van der Waals surface area contributed by atoms with Crippen LogP contribution in [-0.4, -0.2) is 5.97 Å². The van der Waals surface area contributed by atoms with Crippen LogP contribution in [0.3, 0.4) is 0 Å². The lowest BCUT2D eigenvalue weighted by Crippen LogP contribution is -2.25. The van der Waals surface area contributed by atoms with Crippen LogP contribution in [0.4, 0.5) is 0 Å². The maximum Gasteiger partial charge on any atom is 0.322 e. The molecule has 0 N–H and O–H groups in total. The Hall–Kier alpha value is -3.35. The zero-order valence-corrected chi connectivity index (χ0v) is 11.0. The van der Waals surface area contributed by atoms with Crippen LogP contribution in [0.15, 0.2) is 30.3 Å². The molecular formula is C16H5N4O2. The quantitative estimate of drug-likeness (QED) is 0.600. The Balaban J connectivity index is 2.33. The van der Waals surface area contributed by atoms with E-state index in [0.717, 1.165) is 0 Å². The van der Waals surface area contributed by atoms with Gasteiger partial charge in [-0.1, -0.05) is 18.2 Å². The zero-order valence-electron chi connectivity index (χ0n) is 11.0. The van der Waals surface area contributed by atoms with Gasteiger partial charge in [0.25, 0.3) is 0 Å². The summed E-state index contributed by atoms with van der Waals surface area (Å²) in [4.78, 5) is 12.2. The van der Waals surface area contributed by atoms with Crippen molar-refractivity contribution in [2.45, 2.75) is 0 Å². The number of para-hydroxylation sites is 1. The van der Waals surface area contributed by atoms with Gasteiger partial charge in [-0.25, -0.2) is 0 Å². The highest BCUT2D eigenvalue weighted by molar-refractivity contribution is 6.02. The highest BCUT2D eigenvalue weighted by atomic mass is 16.5. The molecule has 1 fully saturated rings. The SMILES string of the molecule is N#C[C]1[C](C#N)[C](C#N)[C](C(=O)Oc2ccccc2)[C]1C#N. The van der Waals surface area contributed by atoms with E-state index in [9.17, 15) is 4.79 Å². The first-order chi connectivity index (χ1) is 10.7. The van der Waals surface area contributed by atoms with Gasteiger partial charge >= 0.3 is 5.97 Å². The second-order valence-corrected chi connectivity index (χ2v) is 4.02. The molecule has 0 heterocycles. The predicted molar refractivity (Wildman–Crippen MR) is 70.7 cm³/mol. The van der Waals surface area contributed by atoms with E-state index in [1.54, 1.807) is 42.5 Å². The Labute approximate surface area is 127 Å². The summed E-state index contributed by atoms with van der Waals surface area (Å²) in [7, 11) is 0. The van der Waals surface area contributed by atoms with E-state index in [4.69, 9.17) is 25.8 Å². The van der Waals surface area contributed by atoms with Crippen LogP contribution in [-0.2, 0) is 4.79 Å². The van der Waals surface area contributed by atoms with Crippen molar-refractivity contribution in [2.75, 3.05) is 0 Å². The van der Waals surface area contributed by atoms with Crippen molar-refractivity contribution in [1.82, 2.24) is 0 Å². The first-order valence-electron chi connectivity index (χ1n) is 5.92. The average Bonchev–Trinajstić information content (AvgIpc) is 2.88. The number of benzene rings is 1. The van der Waals surface area contributed by atoms with Gasteiger partial charge in [0.1, 0.15) is 35.3 Å². The summed E-state index contributed by atoms with van der Waals surface area (Å²) in [5.74, 6) is -2.33. The minimum absolute atomic E-state index is 0.221. The minimum atomic E-state index is -0.961. The number of hydrogen-bond acceptors (Lipinski definition) is 6. The molecule has 5 radical (unpaired) electrons. The van der Waals surface area contributed by atoms with Crippen LogP contribution in [0.1, 0.15) is 0 Å². The van der Waals surface area contributed by atoms with Gasteiger partial charge < -0.3 is 4.74 Å². The van der Waals surface area contributed by atoms with Crippen LogP contribution in [0, 0.1) is 74.9 Å². The van der Waals surface area contributed by atoms with Crippen molar-refractivity contribution in [3.05, 3.63) is 59.9 Å². The van der Waals surface area contributed by atoms with Crippen molar-refractivity contribution < 1.29 is 9.53 Å². The van der Waals surface area contributed by atoms with E-state index >= 15 is 0 Å². The number of nitrogens with zero attached hydrogens (tertiary/aromatic N) is 4. The first-order valence-corrected chi connectivity index (χ1v) is 5.92. The number of hydrogen-bond donors (Lipinski definition) is 0. The Bertz CT molecular complexity index is 695. The molecule has 0 bridgehead atoms. The highest BCUT2D eigenvalue weighted by Crippen LogP contribution is 2.52. The molecule has 0 amide bonds. The fourth-order valence-corrected chi connectivity index (χ4v) is 1.92. The van der Waals surface area contributed by atoms with E-state index in [0.29, 0.717) is 0 Å². The van der Waals surface area contributed by atoms with Crippen molar-refractivity contribution >= 4 is 5.97 Å². The normalized spacial score (nSPS) is 17.1. The molecule has 0 aromatic heterocycles. The number of carbonyl (C=O) groups is 1. The molecule has 22 heavy (non-hydrogen) atoms. The molecule has 1 aliphatic carbocycles. The monoisotopic (exact) mass is 285 g/mol. The van der Waals surface area contributed by atoms with Crippen LogP contribution in [0.25, 0.3) is 0 Å². The molecular weight excluding hydrogens is 280 g/mol. The topological polar surface area (TPSA) is 121 Å². The molecule has 1 saturated carbocycles. The second kappa shape index (κ2) is 6.40. The Kier molecular flexibility index (Phi) is 4.38. The summed E-state index contributed by atoms with van der Waals surface area (Å²) in [6.07, 6.45) is 0. The van der Waals surface area contributed by atoms with Gasteiger partial charge in [-0.2, -0.15) is 21.0 Å². The molecule has 1 aromatic rings. The summed E-state index contributed by atoms with van der Waals surface area (Å²) in [5, 5.41) is 36.4. The van der Waals surface area contributed by atoms with Crippen molar-refractivity contribution in [3.63, 3.8) is 0 Å². The lowest BCUT2D eigenvalue weighted by molar-refractivity contribution is -0.131. The van der Waals surface area contributed by atoms with Gasteiger partial charge in [-0.3, -0.25) is 4.79 Å². The van der Waals surface area contributed by atoms with Crippen LogP contribution >= 0.6 is 0 Å². The molecule has 0 atom stereocenters. The van der Waals surface area contributed by atoms with Crippen molar-refractivity contribution in [3.8, 4) is 30.0 Å². The molecule has 6 nitrogen and oxygen atoms in total. The van der Waals surface area contributed by atoms with Crippen LogP contribution < -0.4 is 4.74 Å². The minimum Gasteiger partial charge on any atom is -0.426 e. The molecule has 0 aliphatic heterocycles. The lowest BCUT2D eigenvalue weighted by atomic mass is 9.89. The molecule has 0 unspecified atom stereocenters. The van der Waals surface area contributed by atoms with Gasteiger partial charge in [0.2, 0.25) is 0 Å².